The Morgan fingerprint density at radius 2 is 1.92 bits per heavy atom. The molecular weight excluding hydrogens is 456 g/mol. The number of nitrogens with one attached hydrogen (secondary N) is 2. The third kappa shape index (κ3) is 5.05. The summed E-state index contributed by atoms with van der Waals surface area (Å²) >= 11 is 0. The van der Waals surface area contributed by atoms with Gasteiger partial charge in [-0.2, -0.15) is 5.10 Å². The van der Waals surface area contributed by atoms with Gasteiger partial charge in [0.1, 0.15) is 5.69 Å². The van der Waals surface area contributed by atoms with Crippen LogP contribution in [0.25, 0.3) is 23.0 Å². The first kappa shape index (κ1) is 22.7. The minimum Gasteiger partial charge on any atom is -0.329 e. The molecule has 36 heavy (non-hydrogen) atoms. The van der Waals surface area contributed by atoms with Crippen molar-refractivity contribution in [2.75, 3.05) is 11.9 Å². The van der Waals surface area contributed by atoms with Crippen molar-refractivity contribution >= 4 is 29.6 Å². The largest absolute Gasteiger partial charge is 0.329 e. The van der Waals surface area contributed by atoms with Crippen molar-refractivity contribution in [1.82, 2.24) is 25.0 Å². The number of anilines is 1. The van der Waals surface area contributed by atoms with Gasteiger partial charge in [0.15, 0.2) is 0 Å². The smallest absolute Gasteiger partial charge is 0.324 e. The summed E-state index contributed by atoms with van der Waals surface area (Å²) in [6, 6.07) is 20.1. The molecule has 0 atom stereocenters. The molecule has 2 aromatic carbocycles. The number of carbonyl (C=O) groups excluding carboxylic acids is 3. The minimum atomic E-state index is -0.419. The van der Waals surface area contributed by atoms with Gasteiger partial charge in [-0.1, -0.05) is 30.3 Å². The highest BCUT2D eigenvalue weighted by molar-refractivity contribution is 6.03. The first-order valence-electron chi connectivity index (χ1n) is 11.3. The standard InChI is InChI=1S/C27H22N6O3/c34-24(30-22-8-4-6-19(14-22)17-32-25(35)16-29-27(32)36)12-11-21-18-33(23-9-2-1-3-10-23)31-26(21)20-7-5-13-28-15-20/h1-15,18H,16-17H2,(H,29,36)(H,30,34)/b12-11+. The topological polar surface area (TPSA) is 109 Å². The van der Waals surface area contributed by atoms with Gasteiger partial charge in [0.25, 0.3) is 0 Å². The molecule has 2 aromatic heterocycles. The number of hydrogen-bond acceptors (Lipinski definition) is 5. The lowest BCUT2D eigenvalue weighted by molar-refractivity contribution is -0.125. The van der Waals surface area contributed by atoms with Gasteiger partial charge in [0.2, 0.25) is 11.8 Å². The van der Waals surface area contributed by atoms with Crippen LogP contribution in [0.3, 0.4) is 0 Å². The van der Waals surface area contributed by atoms with E-state index in [2.05, 4.69) is 15.6 Å². The van der Waals surface area contributed by atoms with Crippen LogP contribution in [0.4, 0.5) is 10.5 Å². The summed E-state index contributed by atoms with van der Waals surface area (Å²) in [6.07, 6.45) is 8.43. The summed E-state index contributed by atoms with van der Waals surface area (Å²) in [5.74, 6) is -0.607. The highest BCUT2D eigenvalue weighted by Gasteiger charge is 2.28. The molecule has 0 bridgehead atoms. The molecule has 3 heterocycles. The zero-order valence-corrected chi connectivity index (χ0v) is 19.2. The normalized spacial score (nSPS) is 13.3. The molecular formula is C27H22N6O3. The number of pyridine rings is 1. The summed E-state index contributed by atoms with van der Waals surface area (Å²) in [7, 11) is 0. The Morgan fingerprint density at radius 1 is 1.06 bits per heavy atom. The summed E-state index contributed by atoms with van der Waals surface area (Å²) in [5.41, 5.74) is 4.47. The number of para-hydroxylation sites is 1. The number of aromatic nitrogens is 3. The van der Waals surface area contributed by atoms with Crippen LogP contribution < -0.4 is 10.6 Å². The average Bonchev–Trinajstić information content (AvgIpc) is 3.48. The number of imide groups is 1. The zero-order chi connectivity index (χ0) is 24.9. The van der Waals surface area contributed by atoms with Gasteiger partial charge in [-0.05, 0) is 48.0 Å². The van der Waals surface area contributed by atoms with E-state index in [-0.39, 0.29) is 24.9 Å². The van der Waals surface area contributed by atoms with E-state index < -0.39 is 6.03 Å². The maximum absolute atomic E-state index is 12.7. The van der Waals surface area contributed by atoms with E-state index in [4.69, 9.17) is 5.10 Å². The predicted octanol–water partition coefficient (Wildman–Crippen LogP) is 3.64. The van der Waals surface area contributed by atoms with Gasteiger partial charge < -0.3 is 10.6 Å². The lowest BCUT2D eigenvalue weighted by atomic mass is 10.1. The Kier molecular flexibility index (Phi) is 6.35. The Labute approximate surface area is 207 Å². The lowest BCUT2D eigenvalue weighted by Crippen LogP contribution is -2.30. The fourth-order valence-electron chi connectivity index (χ4n) is 3.84. The van der Waals surface area contributed by atoms with Crippen LogP contribution in [0.2, 0.25) is 0 Å². The molecule has 5 rings (SSSR count). The molecule has 0 unspecified atom stereocenters. The second-order valence-electron chi connectivity index (χ2n) is 8.12. The molecule has 1 saturated heterocycles. The van der Waals surface area contributed by atoms with Crippen molar-refractivity contribution in [2.45, 2.75) is 6.54 Å². The molecule has 1 aliphatic heterocycles. The van der Waals surface area contributed by atoms with Crippen molar-refractivity contribution in [2.24, 2.45) is 0 Å². The number of nitrogens with zero attached hydrogens (tertiary/aromatic N) is 4. The third-order valence-corrected chi connectivity index (χ3v) is 5.58. The summed E-state index contributed by atoms with van der Waals surface area (Å²) in [5, 5.41) is 10.0. The number of carbonyl (C=O) groups is 3. The maximum atomic E-state index is 12.7. The molecule has 4 amide bonds. The van der Waals surface area contributed by atoms with Gasteiger partial charge in [0, 0.05) is 41.5 Å². The van der Waals surface area contributed by atoms with Crippen molar-refractivity contribution in [3.8, 4) is 16.9 Å². The van der Waals surface area contributed by atoms with Gasteiger partial charge in [0.05, 0.1) is 18.8 Å². The molecule has 2 N–H and O–H groups in total. The Balaban J connectivity index is 1.34. The highest BCUT2D eigenvalue weighted by Crippen LogP contribution is 2.24. The van der Waals surface area contributed by atoms with E-state index in [1.54, 1.807) is 47.4 Å². The van der Waals surface area contributed by atoms with Crippen LogP contribution in [-0.4, -0.2) is 44.1 Å². The molecule has 0 spiro atoms. The molecule has 1 fully saturated rings. The molecule has 9 nitrogen and oxygen atoms in total. The number of hydrogen-bond donors (Lipinski definition) is 2. The van der Waals surface area contributed by atoms with Gasteiger partial charge in [-0.3, -0.25) is 19.5 Å². The van der Waals surface area contributed by atoms with Crippen molar-refractivity contribution in [1.29, 1.82) is 0 Å². The van der Waals surface area contributed by atoms with Crippen molar-refractivity contribution < 1.29 is 14.4 Å². The number of rotatable bonds is 7. The number of urea groups is 1. The second-order valence-corrected chi connectivity index (χ2v) is 8.12. The van der Waals surface area contributed by atoms with Gasteiger partial charge in [-0.25, -0.2) is 9.48 Å². The van der Waals surface area contributed by atoms with E-state index in [1.165, 1.54) is 6.08 Å². The van der Waals surface area contributed by atoms with E-state index in [0.717, 1.165) is 27.3 Å². The van der Waals surface area contributed by atoms with Crippen LogP contribution >= 0.6 is 0 Å². The van der Waals surface area contributed by atoms with Crippen LogP contribution in [-0.2, 0) is 16.1 Å². The summed E-state index contributed by atoms with van der Waals surface area (Å²) < 4.78 is 1.76. The molecule has 1 aliphatic rings. The molecule has 0 aliphatic carbocycles. The van der Waals surface area contributed by atoms with Crippen LogP contribution in [0, 0.1) is 0 Å². The SMILES string of the molecule is O=C(/C=C/c1cn(-c2ccccc2)nc1-c1cccnc1)Nc1cccc(CN2C(=O)CNC2=O)c1. The van der Waals surface area contributed by atoms with Crippen LogP contribution in [0.15, 0.2) is 91.4 Å². The monoisotopic (exact) mass is 478 g/mol. The van der Waals surface area contributed by atoms with Gasteiger partial charge >= 0.3 is 6.03 Å². The quantitative estimate of drug-likeness (QED) is 0.311. The van der Waals surface area contributed by atoms with Gasteiger partial charge in [-0.15, -0.1) is 0 Å². The number of benzene rings is 2. The van der Waals surface area contributed by atoms with E-state index in [9.17, 15) is 14.4 Å². The lowest BCUT2D eigenvalue weighted by Gasteiger charge is -2.13. The van der Waals surface area contributed by atoms with Crippen LogP contribution in [0.1, 0.15) is 11.1 Å². The zero-order valence-electron chi connectivity index (χ0n) is 19.2. The first-order chi connectivity index (χ1) is 17.6. The first-order valence-corrected chi connectivity index (χ1v) is 11.3. The molecule has 0 saturated carbocycles. The summed E-state index contributed by atoms with van der Waals surface area (Å²) in [4.78, 5) is 41.7. The van der Waals surface area contributed by atoms with E-state index in [0.29, 0.717) is 11.4 Å². The molecule has 178 valence electrons. The second kappa shape index (κ2) is 10.1. The third-order valence-electron chi connectivity index (χ3n) is 5.58. The van der Waals surface area contributed by atoms with Crippen LogP contribution in [0.5, 0.6) is 0 Å². The Hall–Kier alpha value is -5.05. The maximum Gasteiger partial charge on any atom is 0.324 e. The Bertz CT molecular complexity index is 1430. The average molecular weight is 479 g/mol. The van der Waals surface area contributed by atoms with E-state index >= 15 is 0 Å². The fraction of sp³-hybridized carbons (Fsp3) is 0.0741. The molecule has 0 radical (unpaired) electrons. The van der Waals surface area contributed by atoms with Crippen molar-refractivity contribution in [3.05, 3.63) is 103 Å². The van der Waals surface area contributed by atoms with Crippen molar-refractivity contribution in [3.63, 3.8) is 0 Å². The Morgan fingerprint density at radius 3 is 2.67 bits per heavy atom. The summed E-state index contributed by atoms with van der Waals surface area (Å²) in [6.45, 7) is 0.138. The molecule has 9 heteroatoms. The fourth-order valence-corrected chi connectivity index (χ4v) is 3.84. The molecule has 4 aromatic rings. The minimum absolute atomic E-state index is 0.00193. The predicted molar refractivity (Wildman–Crippen MR) is 135 cm³/mol. The number of amides is 4. The highest BCUT2D eigenvalue weighted by atomic mass is 16.2. The van der Waals surface area contributed by atoms with E-state index in [1.807, 2.05) is 48.7 Å².